The first-order valence-electron chi connectivity index (χ1n) is 4.32. The maximum absolute atomic E-state index is 11.0. The lowest BCUT2D eigenvalue weighted by Crippen LogP contribution is -2.40. The van der Waals surface area contributed by atoms with Crippen LogP contribution in [-0.2, 0) is 4.79 Å². The lowest BCUT2D eigenvalue weighted by molar-refractivity contribution is -0.120. The minimum atomic E-state index is -0.542. The van der Waals surface area contributed by atoms with E-state index in [-0.39, 0.29) is 11.9 Å². The third-order valence-electron chi connectivity index (χ3n) is 1.47. The molecule has 0 rings (SSSR count). The van der Waals surface area contributed by atoms with E-state index in [1.54, 1.807) is 21.0 Å². The van der Waals surface area contributed by atoms with Gasteiger partial charge in [0, 0.05) is 27.2 Å². The molecular formula is C8H16ClN3O2. The zero-order chi connectivity index (χ0) is 11.1. The Morgan fingerprint density at radius 3 is 2.21 bits per heavy atom. The summed E-state index contributed by atoms with van der Waals surface area (Å²) in [5.41, 5.74) is 0. The third kappa shape index (κ3) is 5.64. The van der Waals surface area contributed by atoms with Gasteiger partial charge in [0.05, 0.1) is 0 Å². The van der Waals surface area contributed by atoms with Gasteiger partial charge in [-0.15, -0.1) is 11.6 Å². The van der Waals surface area contributed by atoms with Gasteiger partial charge in [-0.2, -0.15) is 0 Å². The van der Waals surface area contributed by atoms with E-state index < -0.39 is 5.38 Å². The monoisotopic (exact) mass is 221 g/mol. The Morgan fingerprint density at radius 2 is 1.79 bits per heavy atom. The summed E-state index contributed by atoms with van der Waals surface area (Å²) < 4.78 is 0. The molecule has 0 saturated heterocycles. The van der Waals surface area contributed by atoms with E-state index in [0.717, 1.165) is 0 Å². The Labute approximate surface area is 88.8 Å². The second kappa shape index (κ2) is 6.48. The van der Waals surface area contributed by atoms with Crippen molar-refractivity contribution in [2.24, 2.45) is 0 Å². The summed E-state index contributed by atoms with van der Waals surface area (Å²) in [5.74, 6) is -0.231. The molecule has 0 spiro atoms. The van der Waals surface area contributed by atoms with Gasteiger partial charge in [0.1, 0.15) is 5.38 Å². The standard InChI is InChI=1S/C8H16ClN3O2/c1-6(9)7(13)10-4-5-11-8(14)12(2)3/h6H,4-5H2,1-3H3,(H,10,13)(H,11,14). The molecule has 5 nitrogen and oxygen atoms in total. The Bertz CT molecular complexity index is 185. The highest BCUT2D eigenvalue weighted by atomic mass is 35.5. The number of hydrogen-bond acceptors (Lipinski definition) is 2. The average Bonchev–Trinajstić information content (AvgIpc) is 2.11. The second-order valence-corrected chi connectivity index (χ2v) is 3.69. The molecule has 0 saturated carbocycles. The highest BCUT2D eigenvalue weighted by molar-refractivity contribution is 6.30. The number of nitrogens with zero attached hydrogens (tertiary/aromatic N) is 1. The van der Waals surface area contributed by atoms with Gasteiger partial charge >= 0.3 is 6.03 Å². The number of hydrogen-bond donors (Lipinski definition) is 2. The predicted octanol–water partition coefficient (Wildman–Crippen LogP) is 0.00110. The van der Waals surface area contributed by atoms with E-state index in [1.807, 2.05) is 0 Å². The molecule has 0 heterocycles. The predicted molar refractivity (Wildman–Crippen MR) is 55.4 cm³/mol. The molecule has 3 amide bonds. The van der Waals surface area contributed by atoms with Gasteiger partial charge in [0.15, 0.2) is 0 Å². The van der Waals surface area contributed by atoms with E-state index in [0.29, 0.717) is 13.1 Å². The molecule has 14 heavy (non-hydrogen) atoms. The lowest BCUT2D eigenvalue weighted by atomic mass is 10.4. The van der Waals surface area contributed by atoms with Gasteiger partial charge in [-0.25, -0.2) is 4.79 Å². The maximum atomic E-state index is 11.0. The zero-order valence-electron chi connectivity index (χ0n) is 8.63. The quantitative estimate of drug-likeness (QED) is 0.519. The van der Waals surface area contributed by atoms with Gasteiger partial charge in [0.25, 0.3) is 0 Å². The van der Waals surface area contributed by atoms with Crippen molar-refractivity contribution < 1.29 is 9.59 Å². The fourth-order valence-electron chi connectivity index (χ4n) is 0.654. The fraction of sp³-hybridized carbons (Fsp3) is 0.750. The molecule has 0 aliphatic carbocycles. The molecule has 0 bridgehead atoms. The van der Waals surface area contributed by atoms with Crippen molar-refractivity contribution >= 4 is 23.5 Å². The summed E-state index contributed by atoms with van der Waals surface area (Å²) in [6.07, 6.45) is 0. The number of urea groups is 1. The molecule has 82 valence electrons. The summed E-state index contributed by atoms with van der Waals surface area (Å²) in [7, 11) is 3.30. The van der Waals surface area contributed by atoms with Crippen LogP contribution < -0.4 is 10.6 Å². The summed E-state index contributed by atoms with van der Waals surface area (Å²) in [4.78, 5) is 23.4. The topological polar surface area (TPSA) is 61.4 Å². The van der Waals surface area contributed by atoms with Crippen molar-refractivity contribution in [2.45, 2.75) is 12.3 Å². The Kier molecular flexibility index (Phi) is 6.03. The van der Waals surface area contributed by atoms with Gasteiger partial charge in [-0.1, -0.05) is 0 Å². The van der Waals surface area contributed by atoms with Crippen molar-refractivity contribution in [1.82, 2.24) is 15.5 Å². The number of rotatable bonds is 4. The first-order valence-corrected chi connectivity index (χ1v) is 4.75. The van der Waals surface area contributed by atoms with Gasteiger partial charge in [-0.05, 0) is 6.92 Å². The van der Waals surface area contributed by atoms with E-state index in [4.69, 9.17) is 11.6 Å². The van der Waals surface area contributed by atoms with Crippen molar-refractivity contribution in [3.05, 3.63) is 0 Å². The van der Waals surface area contributed by atoms with Crippen LogP contribution in [0.4, 0.5) is 4.79 Å². The van der Waals surface area contributed by atoms with Gasteiger partial charge in [0.2, 0.25) is 5.91 Å². The Morgan fingerprint density at radius 1 is 1.29 bits per heavy atom. The normalized spacial score (nSPS) is 11.7. The molecule has 0 radical (unpaired) electrons. The maximum Gasteiger partial charge on any atom is 0.316 e. The second-order valence-electron chi connectivity index (χ2n) is 3.03. The van der Waals surface area contributed by atoms with E-state index in [2.05, 4.69) is 10.6 Å². The highest BCUT2D eigenvalue weighted by Gasteiger charge is 2.07. The average molecular weight is 222 g/mol. The van der Waals surface area contributed by atoms with Crippen LogP contribution in [0.3, 0.4) is 0 Å². The van der Waals surface area contributed by atoms with Crippen molar-refractivity contribution in [1.29, 1.82) is 0 Å². The molecule has 0 aromatic rings. The van der Waals surface area contributed by atoms with Gasteiger partial charge in [-0.3, -0.25) is 4.79 Å². The van der Waals surface area contributed by atoms with Crippen LogP contribution in [0.25, 0.3) is 0 Å². The SMILES string of the molecule is CC(Cl)C(=O)NCCNC(=O)N(C)C. The Balaban J connectivity index is 3.48. The summed E-state index contributed by atoms with van der Waals surface area (Å²) in [6, 6.07) is -0.182. The molecule has 0 aliphatic heterocycles. The zero-order valence-corrected chi connectivity index (χ0v) is 9.39. The number of carbonyl (C=O) groups excluding carboxylic acids is 2. The fourth-order valence-corrected chi connectivity index (χ4v) is 0.731. The smallest absolute Gasteiger partial charge is 0.316 e. The molecule has 6 heteroatoms. The Hall–Kier alpha value is -0.970. The molecule has 2 N–H and O–H groups in total. The first kappa shape index (κ1) is 13.0. The van der Waals surface area contributed by atoms with E-state index in [9.17, 15) is 9.59 Å². The van der Waals surface area contributed by atoms with Gasteiger partial charge < -0.3 is 15.5 Å². The first-order chi connectivity index (χ1) is 6.45. The highest BCUT2D eigenvalue weighted by Crippen LogP contribution is 1.90. The minimum absolute atomic E-state index is 0.182. The lowest BCUT2D eigenvalue weighted by Gasteiger charge is -2.12. The molecule has 0 aromatic carbocycles. The van der Waals surface area contributed by atoms with Crippen LogP contribution in [0.1, 0.15) is 6.92 Å². The molecule has 1 unspecified atom stereocenters. The number of halogens is 1. The van der Waals surface area contributed by atoms with Crippen LogP contribution >= 0.6 is 11.6 Å². The summed E-state index contributed by atoms with van der Waals surface area (Å²) in [5, 5.41) is 4.64. The van der Waals surface area contributed by atoms with Crippen LogP contribution in [-0.4, -0.2) is 49.4 Å². The molecule has 0 aliphatic rings. The largest absolute Gasteiger partial charge is 0.353 e. The molecule has 0 fully saturated rings. The number of amides is 3. The van der Waals surface area contributed by atoms with Crippen molar-refractivity contribution in [3.63, 3.8) is 0 Å². The van der Waals surface area contributed by atoms with Crippen LogP contribution in [0.2, 0.25) is 0 Å². The number of alkyl halides is 1. The number of carbonyl (C=O) groups is 2. The van der Waals surface area contributed by atoms with Crippen molar-refractivity contribution in [3.8, 4) is 0 Å². The third-order valence-corrected chi connectivity index (χ3v) is 1.67. The van der Waals surface area contributed by atoms with E-state index in [1.165, 1.54) is 4.90 Å². The molecular weight excluding hydrogens is 206 g/mol. The van der Waals surface area contributed by atoms with Crippen molar-refractivity contribution in [2.75, 3.05) is 27.2 Å². The van der Waals surface area contributed by atoms with Crippen LogP contribution in [0, 0.1) is 0 Å². The number of nitrogens with one attached hydrogen (secondary N) is 2. The van der Waals surface area contributed by atoms with Crippen LogP contribution in [0.5, 0.6) is 0 Å². The molecule has 1 atom stereocenters. The van der Waals surface area contributed by atoms with E-state index >= 15 is 0 Å². The molecule has 0 aromatic heterocycles. The van der Waals surface area contributed by atoms with Crippen LogP contribution in [0.15, 0.2) is 0 Å². The summed E-state index contributed by atoms with van der Waals surface area (Å²) >= 11 is 5.51. The minimum Gasteiger partial charge on any atom is -0.353 e. The summed E-state index contributed by atoms with van der Waals surface area (Å²) in [6.45, 7) is 2.37.